The number of unbranched alkanes of at least 4 members (excludes halogenated alkanes) is 1. The number of esters is 1. The van der Waals surface area contributed by atoms with Gasteiger partial charge >= 0.3 is 5.97 Å². The average molecular weight is 367 g/mol. The minimum atomic E-state index is -0.889. The van der Waals surface area contributed by atoms with E-state index in [1.54, 1.807) is 6.08 Å². The van der Waals surface area contributed by atoms with Gasteiger partial charge < -0.3 is 20.7 Å². The Bertz CT molecular complexity index is 533. The third-order valence-electron chi connectivity index (χ3n) is 3.54. The lowest BCUT2D eigenvalue weighted by atomic mass is 10.1. The first kappa shape index (κ1) is 23.4. The maximum Gasteiger partial charge on any atom is 0.328 e. The first-order valence-electron chi connectivity index (χ1n) is 8.46. The Morgan fingerprint density at radius 3 is 2.08 bits per heavy atom. The molecule has 0 aliphatic heterocycles. The molecule has 8 nitrogen and oxygen atoms in total. The number of ether oxygens (including phenoxy) is 1. The van der Waals surface area contributed by atoms with Crippen LogP contribution in [-0.2, 0) is 23.9 Å². The van der Waals surface area contributed by atoms with E-state index in [0.717, 1.165) is 6.42 Å². The number of rotatable bonds is 12. The monoisotopic (exact) mass is 367 g/mol. The maximum absolute atomic E-state index is 12.1. The van der Waals surface area contributed by atoms with E-state index in [1.165, 1.54) is 27.0 Å². The molecule has 3 atom stereocenters. The first-order chi connectivity index (χ1) is 12.3. The summed E-state index contributed by atoms with van der Waals surface area (Å²) in [6.45, 7) is 10.1. The number of nitrogens with one attached hydrogen (secondary N) is 3. The molecule has 146 valence electrons. The lowest BCUT2D eigenvalue weighted by molar-refractivity contribution is -0.145. The lowest BCUT2D eigenvalue weighted by Gasteiger charge is -2.21. The van der Waals surface area contributed by atoms with Crippen LogP contribution in [0.1, 0.15) is 39.5 Å². The summed E-state index contributed by atoms with van der Waals surface area (Å²) < 4.78 is 4.61. The van der Waals surface area contributed by atoms with Gasteiger partial charge in [0, 0.05) is 6.42 Å². The molecule has 0 saturated carbocycles. The Balaban J connectivity index is 4.51. The molecular weight excluding hydrogens is 338 g/mol. The van der Waals surface area contributed by atoms with Crippen LogP contribution in [0, 0.1) is 0 Å². The minimum Gasteiger partial charge on any atom is -0.467 e. The summed E-state index contributed by atoms with van der Waals surface area (Å²) in [6, 6.07) is -2.54. The molecule has 3 N–H and O–H groups in total. The summed E-state index contributed by atoms with van der Waals surface area (Å²) in [5, 5.41) is 7.56. The second-order valence-corrected chi connectivity index (χ2v) is 5.81. The van der Waals surface area contributed by atoms with Crippen LogP contribution < -0.4 is 16.0 Å². The zero-order valence-corrected chi connectivity index (χ0v) is 15.7. The fraction of sp³-hybridized carbons (Fsp3) is 0.556. The van der Waals surface area contributed by atoms with Crippen LogP contribution in [0.5, 0.6) is 0 Å². The quantitative estimate of drug-likeness (QED) is 0.265. The van der Waals surface area contributed by atoms with E-state index < -0.39 is 35.9 Å². The van der Waals surface area contributed by atoms with Gasteiger partial charge in [-0.25, -0.2) is 4.79 Å². The highest BCUT2D eigenvalue weighted by Crippen LogP contribution is 1.99. The maximum atomic E-state index is 12.1. The molecule has 0 aromatic rings. The molecule has 3 amide bonds. The number of carbonyl (C=O) groups excluding carboxylic acids is 4. The standard InChI is InChI=1S/C18H29N3O5/c1-6-8-9-11-15(22)19-12(3)16(23)20-13(4)17(24)21-14(10-7-2)18(25)26-5/h6-7,12-14H,1-2,8-11H2,3-5H3,(H,19,22)(H,20,23)(H,21,24)/t12-,13-,14+/m0/s1. The SMILES string of the molecule is C=CCCCC(=O)N[C@@H](C)C(=O)N[C@@H](C)C(=O)N[C@H](CC=C)C(=O)OC. The Labute approximate surface area is 154 Å². The fourth-order valence-electron chi connectivity index (χ4n) is 2.01. The molecule has 26 heavy (non-hydrogen) atoms. The van der Waals surface area contributed by atoms with Crippen molar-refractivity contribution in [2.75, 3.05) is 7.11 Å². The lowest BCUT2D eigenvalue weighted by Crippen LogP contribution is -2.54. The van der Waals surface area contributed by atoms with Crippen LogP contribution in [0.3, 0.4) is 0 Å². The third-order valence-corrected chi connectivity index (χ3v) is 3.54. The molecule has 0 aromatic carbocycles. The van der Waals surface area contributed by atoms with Gasteiger partial charge in [0.25, 0.3) is 0 Å². The van der Waals surface area contributed by atoms with Crippen molar-refractivity contribution in [1.29, 1.82) is 0 Å². The van der Waals surface area contributed by atoms with Crippen molar-refractivity contribution in [3.05, 3.63) is 25.3 Å². The van der Waals surface area contributed by atoms with Crippen molar-refractivity contribution in [1.82, 2.24) is 16.0 Å². The van der Waals surface area contributed by atoms with E-state index in [4.69, 9.17) is 0 Å². The molecule has 0 radical (unpaired) electrons. The topological polar surface area (TPSA) is 114 Å². The van der Waals surface area contributed by atoms with Crippen molar-refractivity contribution < 1.29 is 23.9 Å². The largest absolute Gasteiger partial charge is 0.467 e. The van der Waals surface area contributed by atoms with E-state index in [0.29, 0.717) is 12.8 Å². The summed E-state index contributed by atoms with van der Waals surface area (Å²) >= 11 is 0. The van der Waals surface area contributed by atoms with Crippen LogP contribution >= 0.6 is 0 Å². The summed E-state index contributed by atoms with van der Waals surface area (Å²) in [5.41, 5.74) is 0. The molecule has 0 fully saturated rings. The smallest absolute Gasteiger partial charge is 0.328 e. The number of hydrogen-bond donors (Lipinski definition) is 3. The fourth-order valence-corrected chi connectivity index (χ4v) is 2.01. The predicted octanol–water partition coefficient (Wildman–Crippen LogP) is 0.586. The minimum absolute atomic E-state index is 0.205. The molecule has 0 unspecified atom stereocenters. The molecule has 8 heteroatoms. The summed E-state index contributed by atoms with van der Waals surface area (Å²) in [6.07, 6.45) is 5.07. The van der Waals surface area contributed by atoms with Gasteiger partial charge in [0.1, 0.15) is 18.1 Å². The second kappa shape index (κ2) is 12.7. The van der Waals surface area contributed by atoms with Gasteiger partial charge in [-0.3, -0.25) is 14.4 Å². The van der Waals surface area contributed by atoms with Gasteiger partial charge in [0.15, 0.2) is 0 Å². The third kappa shape index (κ3) is 9.00. The molecule has 0 heterocycles. The van der Waals surface area contributed by atoms with Gasteiger partial charge in [-0.05, 0) is 33.1 Å². The second-order valence-electron chi connectivity index (χ2n) is 5.81. The number of methoxy groups -OCH3 is 1. The van der Waals surface area contributed by atoms with Crippen molar-refractivity contribution in [3.8, 4) is 0 Å². The van der Waals surface area contributed by atoms with E-state index >= 15 is 0 Å². The highest BCUT2D eigenvalue weighted by Gasteiger charge is 2.25. The number of hydrogen-bond acceptors (Lipinski definition) is 5. The van der Waals surface area contributed by atoms with E-state index in [-0.39, 0.29) is 12.3 Å². The van der Waals surface area contributed by atoms with Crippen LogP contribution in [0.2, 0.25) is 0 Å². The van der Waals surface area contributed by atoms with Crippen molar-refractivity contribution in [2.45, 2.75) is 57.7 Å². The Kier molecular flexibility index (Phi) is 11.4. The molecule has 0 saturated heterocycles. The highest BCUT2D eigenvalue weighted by molar-refractivity contribution is 5.93. The van der Waals surface area contributed by atoms with E-state index in [9.17, 15) is 19.2 Å². The summed E-state index contributed by atoms with van der Waals surface area (Å²) in [5.74, 6) is -1.89. The van der Waals surface area contributed by atoms with E-state index in [1.807, 2.05) is 0 Å². The van der Waals surface area contributed by atoms with Gasteiger partial charge in [0.05, 0.1) is 7.11 Å². The van der Waals surface area contributed by atoms with Crippen molar-refractivity contribution in [3.63, 3.8) is 0 Å². The predicted molar refractivity (Wildman–Crippen MR) is 98.0 cm³/mol. The summed E-state index contributed by atoms with van der Waals surface area (Å²) in [4.78, 5) is 47.5. The highest BCUT2D eigenvalue weighted by atomic mass is 16.5. The molecule has 0 rings (SSSR count). The molecule has 0 spiro atoms. The number of amides is 3. The van der Waals surface area contributed by atoms with Crippen LogP contribution in [0.15, 0.2) is 25.3 Å². The Hall–Kier alpha value is -2.64. The molecule has 0 aromatic heterocycles. The van der Waals surface area contributed by atoms with Crippen molar-refractivity contribution in [2.24, 2.45) is 0 Å². The molecular formula is C18H29N3O5. The Morgan fingerprint density at radius 1 is 0.962 bits per heavy atom. The van der Waals surface area contributed by atoms with Gasteiger partial charge in [-0.15, -0.1) is 13.2 Å². The molecule has 0 aliphatic carbocycles. The van der Waals surface area contributed by atoms with Crippen LogP contribution in [0.4, 0.5) is 0 Å². The Morgan fingerprint density at radius 2 is 1.54 bits per heavy atom. The zero-order valence-electron chi connectivity index (χ0n) is 15.7. The average Bonchev–Trinajstić information content (AvgIpc) is 2.60. The molecule has 0 bridgehead atoms. The summed E-state index contributed by atoms with van der Waals surface area (Å²) in [7, 11) is 1.22. The number of carbonyl (C=O) groups is 4. The number of allylic oxidation sites excluding steroid dienone is 1. The van der Waals surface area contributed by atoms with Gasteiger partial charge in [-0.1, -0.05) is 12.2 Å². The van der Waals surface area contributed by atoms with Crippen LogP contribution in [-0.4, -0.2) is 48.9 Å². The molecule has 0 aliphatic rings. The van der Waals surface area contributed by atoms with Crippen LogP contribution in [0.25, 0.3) is 0 Å². The first-order valence-corrected chi connectivity index (χ1v) is 8.46. The van der Waals surface area contributed by atoms with E-state index in [2.05, 4.69) is 33.8 Å². The van der Waals surface area contributed by atoms with Gasteiger partial charge in [-0.2, -0.15) is 0 Å². The normalized spacial score (nSPS) is 13.5. The zero-order chi connectivity index (χ0) is 20.1. The van der Waals surface area contributed by atoms with Gasteiger partial charge in [0.2, 0.25) is 17.7 Å². The van der Waals surface area contributed by atoms with Crippen molar-refractivity contribution >= 4 is 23.7 Å².